The Morgan fingerprint density at radius 1 is 1.09 bits per heavy atom. The fourth-order valence-electron chi connectivity index (χ4n) is 4.89. The molecule has 0 aromatic heterocycles. The lowest BCUT2D eigenvalue weighted by molar-refractivity contribution is -0.156. The van der Waals surface area contributed by atoms with E-state index in [9.17, 15) is 9.90 Å². The summed E-state index contributed by atoms with van der Waals surface area (Å²) < 4.78 is 16.8. The summed E-state index contributed by atoms with van der Waals surface area (Å²) in [4.78, 5) is 15.4. The molecule has 0 bridgehead atoms. The van der Waals surface area contributed by atoms with Gasteiger partial charge < -0.3 is 19.3 Å². The van der Waals surface area contributed by atoms with Gasteiger partial charge in [0.15, 0.2) is 0 Å². The van der Waals surface area contributed by atoms with E-state index < -0.39 is 5.41 Å². The van der Waals surface area contributed by atoms with Crippen molar-refractivity contribution in [2.24, 2.45) is 5.41 Å². The fraction of sp³-hybridized carbons (Fsp3) is 0.483. The molecule has 1 fully saturated rings. The van der Waals surface area contributed by atoms with Gasteiger partial charge in [-0.25, -0.2) is 0 Å². The van der Waals surface area contributed by atoms with Crippen molar-refractivity contribution in [1.82, 2.24) is 4.90 Å². The number of hydrogen-bond donors (Lipinski definition) is 1. The first-order chi connectivity index (χ1) is 17.1. The summed E-state index contributed by atoms with van der Waals surface area (Å²) >= 11 is 0. The lowest BCUT2D eigenvalue weighted by Gasteiger charge is -2.34. The molecule has 0 amide bonds. The van der Waals surface area contributed by atoms with Crippen LogP contribution in [-0.2, 0) is 20.7 Å². The number of nitrogens with zero attached hydrogens (tertiary/aromatic N) is 1. The van der Waals surface area contributed by atoms with Crippen LogP contribution in [0.15, 0.2) is 54.6 Å². The zero-order valence-corrected chi connectivity index (χ0v) is 20.7. The van der Waals surface area contributed by atoms with E-state index in [1.165, 1.54) is 11.1 Å². The number of esters is 1. The maximum absolute atomic E-state index is 13.0. The third kappa shape index (κ3) is 6.86. The van der Waals surface area contributed by atoms with E-state index in [1.54, 1.807) is 12.1 Å². The van der Waals surface area contributed by atoms with Crippen LogP contribution in [0.5, 0.6) is 11.5 Å². The number of rotatable bonds is 10. The quantitative estimate of drug-likeness (QED) is 0.491. The highest BCUT2D eigenvalue weighted by atomic mass is 16.5. The normalized spacial score (nSPS) is 20.8. The fourth-order valence-corrected chi connectivity index (χ4v) is 4.89. The maximum atomic E-state index is 13.0. The number of carbonyl (C=O) groups is 1. The number of ether oxygens (including phenoxy) is 3. The van der Waals surface area contributed by atoms with E-state index in [0.29, 0.717) is 19.6 Å². The Morgan fingerprint density at radius 3 is 2.49 bits per heavy atom. The summed E-state index contributed by atoms with van der Waals surface area (Å²) in [5.74, 6) is 1.05. The average molecular weight is 480 g/mol. The highest BCUT2D eigenvalue weighted by Gasteiger charge is 2.40. The largest absolute Gasteiger partial charge is 0.508 e. The first-order valence-electron chi connectivity index (χ1n) is 12.8. The Balaban J connectivity index is 1.33. The molecular weight excluding hydrogens is 442 g/mol. The summed E-state index contributed by atoms with van der Waals surface area (Å²) in [6.45, 7) is 7.38. The number of aromatic hydroxyl groups is 1. The van der Waals surface area contributed by atoms with Crippen molar-refractivity contribution in [3.63, 3.8) is 0 Å². The minimum atomic E-state index is -0.496. The molecule has 4 rings (SSSR count). The molecule has 188 valence electrons. The molecule has 0 spiro atoms. The van der Waals surface area contributed by atoms with Crippen LogP contribution >= 0.6 is 0 Å². The van der Waals surface area contributed by atoms with Crippen LogP contribution in [0, 0.1) is 5.41 Å². The van der Waals surface area contributed by atoms with E-state index in [2.05, 4.69) is 23.1 Å². The molecular formula is C29H37NO5. The molecule has 6 heteroatoms. The summed E-state index contributed by atoms with van der Waals surface area (Å²) in [6.07, 6.45) is 6.00. The molecule has 1 N–H and O–H groups in total. The Labute approximate surface area is 208 Å². The molecule has 2 aromatic carbocycles. The van der Waals surface area contributed by atoms with Gasteiger partial charge in [0, 0.05) is 19.6 Å². The molecule has 2 aliphatic rings. The van der Waals surface area contributed by atoms with Crippen LogP contribution in [0.25, 0.3) is 5.57 Å². The van der Waals surface area contributed by atoms with Gasteiger partial charge >= 0.3 is 5.97 Å². The van der Waals surface area contributed by atoms with E-state index >= 15 is 0 Å². The molecule has 35 heavy (non-hydrogen) atoms. The number of aryl methyl sites for hydroxylation is 1. The second-order valence-corrected chi connectivity index (χ2v) is 9.43. The second-order valence-electron chi connectivity index (χ2n) is 9.43. The predicted molar refractivity (Wildman–Crippen MR) is 137 cm³/mol. The molecule has 1 aliphatic carbocycles. The second kappa shape index (κ2) is 12.2. The van der Waals surface area contributed by atoms with Crippen LogP contribution in [0.2, 0.25) is 0 Å². The summed E-state index contributed by atoms with van der Waals surface area (Å²) in [5, 5.41) is 9.57. The third-order valence-electron chi connectivity index (χ3n) is 7.15. The Morgan fingerprint density at radius 2 is 1.83 bits per heavy atom. The molecule has 1 saturated heterocycles. The van der Waals surface area contributed by atoms with Gasteiger partial charge in [0.25, 0.3) is 0 Å². The van der Waals surface area contributed by atoms with Gasteiger partial charge in [-0.3, -0.25) is 9.69 Å². The Bertz CT molecular complexity index is 979. The standard InChI is InChI=1S/C29H37NO5/c1-2-34-28(32)29(15-12-25(13-16-29)24-5-7-26(31)8-6-24)14-11-23-3-9-27(10-4-23)35-22-19-30-17-20-33-21-18-30/h3-10,12,31H,2,11,13-22H2,1H3. The van der Waals surface area contributed by atoms with Gasteiger partial charge in [0.05, 0.1) is 25.2 Å². The van der Waals surface area contributed by atoms with Crippen LogP contribution in [0.4, 0.5) is 0 Å². The number of phenols is 1. The van der Waals surface area contributed by atoms with Crippen LogP contribution in [0.1, 0.15) is 43.7 Å². The Kier molecular flexibility index (Phi) is 8.83. The van der Waals surface area contributed by atoms with Crippen molar-refractivity contribution in [1.29, 1.82) is 0 Å². The van der Waals surface area contributed by atoms with Crippen molar-refractivity contribution < 1.29 is 24.1 Å². The van der Waals surface area contributed by atoms with E-state index in [4.69, 9.17) is 14.2 Å². The molecule has 6 nitrogen and oxygen atoms in total. The molecule has 0 radical (unpaired) electrons. The minimum absolute atomic E-state index is 0.0935. The van der Waals surface area contributed by atoms with Gasteiger partial charge in [0.1, 0.15) is 18.1 Å². The van der Waals surface area contributed by atoms with Gasteiger partial charge in [-0.2, -0.15) is 0 Å². The highest BCUT2D eigenvalue weighted by Crippen LogP contribution is 2.43. The summed E-state index contributed by atoms with van der Waals surface area (Å²) in [6, 6.07) is 15.5. The van der Waals surface area contributed by atoms with Gasteiger partial charge in [-0.05, 0) is 80.0 Å². The SMILES string of the molecule is CCOC(=O)C1(CCc2ccc(OCCN3CCOCC3)cc2)CC=C(c2ccc(O)cc2)CC1. The van der Waals surface area contributed by atoms with E-state index in [-0.39, 0.29) is 11.7 Å². The summed E-state index contributed by atoms with van der Waals surface area (Å²) in [7, 11) is 0. The van der Waals surface area contributed by atoms with Crippen LogP contribution < -0.4 is 4.74 Å². The predicted octanol–water partition coefficient (Wildman–Crippen LogP) is 4.85. The lowest BCUT2D eigenvalue weighted by Crippen LogP contribution is -2.38. The number of carbonyl (C=O) groups excluding carboxylic acids is 1. The molecule has 1 aliphatic heterocycles. The molecule has 1 unspecified atom stereocenters. The lowest BCUT2D eigenvalue weighted by atomic mass is 9.70. The highest BCUT2D eigenvalue weighted by molar-refractivity contribution is 5.79. The van der Waals surface area contributed by atoms with Crippen LogP contribution in [-0.4, -0.2) is 62.0 Å². The third-order valence-corrected chi connectivity index (χ3v) is 7.15. The first-order valence-corrected chi connectivity index (χ1v) is 12.8. The monoisotopic (exact) mass is 479 g/mol. The summed E-state index contributed by atoms with van der Waals surface area (Å²) in [5.41, 5.74) is 3.03. The average Bonchev–Trinajstić information content (AvgIpc) is 2.90. The molecule has 2 aromatic rings. The smallest absolute Gasteiger partial charge is 0.312 e. The van der Waals surface area contributed by atoms with Crippen molar-refractivity contribution in [3.05, 3.63) is 65.7 Å². The van der Waals surface area contributed by atoms with Crippen molar-refractivity contribution in [3.8, 4) is 11.5 Å². The Hall–Kier alpha value is -2.83. The van der Waals surface area contributed by atoms with E-state index in [1.807, 2.05) is 31.2 Å². The maximum Gasteiger partial charge on any atom is 0.312 e. The first kappa shape index (κ1) is 25.3. The van der Waals surface area contributed by atoms with E-state index in [0.717, 1.165) is 69.8 Å². The topological polar surface area (TPSA) is 68.2 Å². The zero-order valence-electron chi connectivity index (χ0n) is 20.7. The van der Waals surface area contributed by atoms with Crippen LogP contribution in [0.3, 0.4) is 0 Å². The zero-order chi connectivity index (χ0) is 24.5. The number of morpholine rings is 1. The van der Waals surface area contributed by atoms with Crippen molar-refractivity contribution in [2.75, 3.05) is 46.1 Å². The van der Waals surface area contributed by atoms with Gasteiger partial charge in [0.2, 0.25) is 0 Å². The number of benzene rings is 2. The molecule has 1 atom stereocenters. The van der Waals surface area contributed by atoms with Crippen molar-refractivity contribution >= 4 is 11.5 Å². The number of phenolic OH excluding ortho intramolecular Hbond substituents is 1. The minimum Gasteiger partial charge on any atom is -0.508 e. The van der Waals surface area contributed by atoms with Crippen molar-refractivity contribution in [2.45, 2.75) is 39.0 Å². The molecule has 1 heterocycles. The number of hydrogen-bond acceptors (Lipinski definition) is 6. The molecule has 0 saturated carbocycles. The van der Waals surface area contributed by atoms with Gasteiger partial charge in [-0.15, -0.1) is 0 Å². The van der Waals surface area contributed by atoms with Gasteiger partial charge in [-0.1, -0.05) is 30.3 Å². The number of allylic oxidation sites excluding steroid dienone is 2.